The molecule has 0 amide bonds. The lowest BCUT2D eigenvalue weighted by Gasteiger charge is -2.13. The first-order chi connectivity index (χ1) is 11.7. The van der Waals surface area contributed by atoms with E-state index in [9.17, 15) is 0 Å². The molecule has 0 spiro atoms. The van der Waals surface area contributed by atoms with E-state index in [1.165, 1.54) is 5.56 Å². The van der Waals surface area contributed by atoms with E-state index >= 15 is 0 Å². The summed E-state index contributed by atoms with van der Waals surface area (Å²) in [6.07, 6.45) is 6.04. The Morgan fingerprint density at radius 3 is 2.58 bits per heavy atom. The SMILES string of the molecule is NC(CNc1ncc(Br)c(-c2ccncc2)n1)Cc1ccccc1. The molecule has 1 atom stereocenters. The standard InChI is InChI=1S/C18H18BrN5/c19-16-12-23-18(24-17(16)14-6-8-21-9-7-14)22-11-15(20)10-13-4-2-1-3-5-13/h1-9,12,15H,10-11,20H2,(H,22,23,24). The van der Waals surface area contributed by atoms with E-state index in [2.05, 4.69) is 48.3 Å². The molecule has 24 heavy (non-hydrogen) atoms. The molecule has 2 heterocycles. The summed E-state index contributed by atoms with van der Waals surface area (Å²) in [5, 5.41) is 3.22. The molecule has 1 aromatic carbocycles. The van der Waals surface area contributed by atoms with Gasteiger partial charge in [0.25, 0.3) is 0 Å². The topological polar surface area (TPSA) is 76.7 Å². The molecule has 5 nitrogen and oxygen atoms in total. The average molecular weight is 384 g/mol. The first-order valence-electron chi connectivity index (χ1n) is 7.68. The van der Waals surface area contributed by atoms with Gasteiger partial charge < -0.3 is 11.1 Å². The molecule has 6 heteroatoms. The van der Waals surface area contributed by atoms with Gasteiger partial charge in [-0.05, 0) is 40.0 Å². The maximum absolute atomic E-state index is 6.20. The molecular weight excluding hydrogens is 366 g/mol. The van der Waals surface area contributed by atoms with Gasteiger partial charge in [-0.15, -0.1) is 0 Å². The molecule has 0 fully saturated rings. The lowest BCUT2D eigenvalue weighted by atomic mass is 10.1. The lowest BCUT2D eigenvalue weighted by molar-refractivity contribution is 0.696. The van der Waals surface area contributed by atoms with Crippen molar-refractivity contribution in [2.45, 2.75) is 12.5 Å². The minimum absolute atomic E-state index is 0.0102. The van der Waals surface area contributed by atoms with Gasteiger partial charge in [0, 0.05) is 36.7 Å². The van der Waals surface area contributed by atoms with E-state index in [1.54, 1.807) is 18.6 Å². The fourth-order valence-corrected chi connectivity index (χ4v) is 2.80. The van der Waals surface area contributed by atoms with E-state index in [4.69, 9.17) is 5.73 Å². The molecule has 0 saturated carbocycles. The lowest BCUT2D eigenvalue weighted by Crippen LogP contribution is -2.31. The van der Waals surface area contributed by atoms with Gasteiger partial charge in [0.05, 0.1) is 10.2 Å². The van der Waals surface area contributed by atoms with E-state index in [0.717, 1.165) is 22.2 Å². The van der Waals surface area contributed by atoms with Crippen molar-refractivity contribution in [2.75, 3.05) is 11.9 Å². The van der Waals surface area contributed by atoms with Gasteiger partial charge in [-0.25, -0.2) is 9.97 Å². The summed E-state index contributed by atoms with van der Waals surface area (Å²) in [4.78, 5) is 12.9. The summed E-state index contributed by atoms with van der Waals surface area (Å²) in [5.41, 5.74) is 9.23. The molecule has 0 aliphatic rings. The number of halogens is 1. The van der Waals surface area contributed by atoms with Gasteiger partial charge >= 0.3 is 0 Å². The summed E-state index contributed by atoms with van der Waals surface area (Å²) in [6, 6.07) is 14.0. The fourth-order valence-electron chi connectivity index (χ4n) is 2.38. The summed E-state index contributed by atoms with van der Waals surface area (Å²) >= 11 is 3.49. The van der Waals surface area contributed by atoms with Gasteiger partial charge in [0.1, 0.15) is 0 Å². The number of nitrogens with zero attached hydrogens (tertiary/aromatic N) is 3. The summed E-state index contributed by atoms with van der Waals surface area (Å²) < 4.78 is 0.841. The second-order valence-electron chi connectivity index (χ2n) is 5.46. The van der Waals surface area contributed by atoms with Gasteiger partial charge in [0.2, 0.25) is 5.95 Å². The number of anilines is 1. The Hall–Kier alpha value is -2.31. The normalized spacial score (nSPS) is 11.9. The predicted octanol–water partition coefficient (Wildman–Crippen LogP) is 3.28. The molecule has 122 valence electrons. The smallest absolute Gasteiger partial charge is 0.223 e. The zero-order chi connectivity index (χ0) is 16.8. The third kappa shape index (κ3) is 4.37. The van der Waals surface area contributed by atoms with Crippen LogP contribution in [0.5, 0.6) is 0 Å². The number of pyridine rings is 1. The number of rotatable bonds is 6. The highest BCUT2D eigenvalue weighted by Gasteiger charge is 2.09. The third-order valence-electron chi connectivity index (χ3n) is 3.56. The number of hydrogen-bond donors (Lipinski definition) is 2. The number of nitrogens with two attached hydrogens (primary N) is 1. The Labute approximate surface area is 149 Å². The summed E-state index contributed by atoms with van der Waals surface area (Å²) in [5.74, 6) is 0.563. The number of nitrogens with one attached hydrogen (secondary N) is 1. The highest BCUT2D eigenvalue weighted by atomic mass is 79.9. The van der Waals surface area contributed by atoms with Gasteiger partial charge in [0.15, 0.2) is 0 Å². The molecule has 2 aromatic heterocycles. The Kier molecular flexibility index (Phi) is 5.51. The second-order valence-corrected chi connectivity index (χ2v) is 6.31. The molecule has 0 saturated heterocycles. The molecule has 0 aliphatic carbocycles. The second kappa shape index (κ2) is 7.99. The first-order valence-corrected chi connectivity index (χ1v) is 8.48. The maximum Gasteiger partial charge on any atom is 0.223 e. The van der Waals surface area contributed by atoms with Crippen molar-refractivity contribution in [3.8, 4) is 11.3 Å². The van der Waals surface area contributed by atoms with Crippen LogP contribution in [0.15, 0.2) is 65.5 Å². The minimum Gasteiger partial charge on any atom is -0.353 e. The zero-order valence-electron chi connectivity index (χ0n) is 13.1. The molecule has 1 unspecified atom stereocenters. The van der Waals surface area contributed by atoms with Crippen molar-refractivity contribution in [3.05, 3.63) is 71.1 Å². The van der Waals surface area contributed by atoms with Crippen LogP contribution in [0.2, 0.25) is 0 Å². The Morgan fingerprint density at radius 2 is 1.83 bits per heavy atom. The highest BCUT2D eigenvalue weighted by Crippen LogP contribution is 2.25. The van der Waals surface area contributed by atoms with Crippen molar-refractivity contribution < 1.29 is 0 Å². The fraction of sp³-hybridized carbons (Fsp3) is 0.167. The monoisotopic (exact) mass is 383 g/mol. The molecule has 0 aliphatic heterocycles. The third-order valence-corrected chi connectivity index (χ3v) is 4.14. The van der Waals surface area contributed by atoms with E-state index in [0.29, 0.717) is 12.5 Å². The van der Waals surface area contributed by atoms with Crippen LogP contribution in [0.25, 0.3) is 11.3 Å². The summed E-state index contributed by atoms with van der Waals surface area (Å²) in [7, 11) is 0. The van der Waals surface area contributed by atoms with E-state index in [1.807, 2.05) is 30.3 Å². The quantitative estimate of drug-likeness (QED) is 0.682. The molecule has 0 radical (unpaired) electrons. The predicted molar refractivity (Wildman–Crippen MR) is 99.6 cm³/mol. The number of hydrogen-bond acceptors (Lipinski definition) is 5. The Bertz CT molecular complexity index is 780. The van der Waals surface area contributed by atoms with Crippen molar-refractivity contribution in [1.82, 2.24) is 15.0 Å². The van der Waals surface area contributed by atoms with Crippen LogP contribution in [-0.2, 0) is 6.42 Å². The first kappa shape index (κ1) is 16.5. The van der Waals surface area contributed by atoms with Crippen LogP contribution in [0.3, 0.4) is 0 Å². The molecule has 3 N–H and O–H groups in total. The maximum atomic E-state index is 6.20. The van der Waals surface area contributed by atoms with Crippen LogP contribution in [0.1, 0.15) is 5.56 Å². The Morgan fingerprint density at radius 1 is 1.08 bits per heavy atom. The van der Waals surface area contributed by atoms with Crippen molar-refractivity contribution in [3.63, 3.8) is 0 Å². The highest BCUT2D eigenvalue weighted by molar-refractivity contribution is 9.10. The molecule has 3 rings (SSSR count). The van der Waals surface area contributed by atoms with Gasteiger partial charge in [-0.3, -0.25) is 4.98 Å². The van der Waals surface area contributed by atoms with Crippen molar-refractivity contribution in [2.24, 2.45) is 5.73 Å². The average Bonchev–Trinajstić information content (AvgIpc) is 2.62. The van der Waals surface area contributed by atoms with Crippen molar-refractivity contribution >= 4 is 21.9 Å². The van der Waals surface area contributed by atoms with Crippen LogP contribution < -0.4 is 11.1 Å². The largest absolute Gasteiger partial charge is 0.353 e. The summed E-state index contributed by atoms with van der Waals surface area (Å²) in [6.45, 7) is 0.603. The molecule has 0 bridgehead atoms. The van der Waals surface area contributed by atoms with E-state index < -0.39 is 0 Å². The minimum atomic E-state index is -0.0102. The molecule has 3 aromatic rings. The van der Waals surface area contributed by atoms with Crippen LogP contribution in [0.4, 0.5) is 5.95 Å². The number of benzene rings is 1. The van der Waals surface area contributed by atoms with Crippen LogP contribution >= 0.6 is 15.9 Å². The Balaban J connectivity index is 1.65. The van der Waals surface area contributed by atoms with Crippen LogP contribution in [-0.4, -0.2) is 27.5 Å². The van der Waals surface area contributed by atoms with Crippen molar-refractivity contribution in [1.29, 1.82) is 0 Å². The zero-order valence-corrected chi connectivity index (χ0v) is 14.6. The van der Waals surface area contributed by atoms with Gasteiger partial charge in [-0.1, -0.05) is 30.3 Å². The van der Waals surface area contributed by atoms with Gasteiger partial charge in [-0.2, -0.15) is 0 Å². The number of aromatic nitrogens is 3. The van der Waals surface area contributed by atoms with E-state index in [-0.39, 0.29) is 6.04 Å². The molecular formula is C18H18BrN5. The van der Waals surface area contributed by atoms with Crippen LogP contribution in [0, 0.1) is 0 Å².